The second kappa shape index (κ2) is 10.3. The van der Waals surface area contributed by atoms with Crippen molar-refractivity contribution in [2.24, 2.45) is 0 Å². The summed E-state index contributed by atoms with van der Waals surface area (Å²) < 4.78 is 7.32. The molecule has 1 aliphatic heterocycles. The molecule has 5 aromatic rings. The Kier molecular flexibility index (Phi) is 6.68. The summed E-state index contributed by atoms with van der Waals surface area (Å²) in [6.07, 6.45) is 10.1. The van der Waals surface area contributed by atoms with E-state index in [0.29, 0.717) is 18.4 Å². The number of benzene rings is 1. The minimum atomic E-state index is 0.366. The maximum Gasteiger partial charge on any atom is 0.125 e. The highest BCUT2D eigenvalue weighted by molar-refractivity contribution is 5.92. The Morgan fingerprint density at radius 2 is 1.87 bits per heavy atom. The number of nitrogens with one attached hydrogen (secondary N) is 1. The van der Waals surface area contributed by atoms with Crippen LogP contribution in [0, 0.1) is 6.92 Å². The third kappa shape index (κ3) is 4.70. The van der Waals surface area contributed by atoms with Gasteiger partial charge in [-0.1, -0.05) is 25.1 Å². The van der Waals surface area contributed by atoms with E-state index in [1.165, 1.54) is 27.6 Å². The molecule has 8 heteroatoms. The molecule has 0 atom stereocenters. The number of H-pyrrole nitrogens is 1. The number of fused-ring (bicyclic) bond motifs is 2. The predicted octanol–water partition coefficient (Wildman–Crippen LogP) is 5.63. The minimum absolute atomic E-state index is 0.366. The van der Waals surface area contributed by atoms with Crippen LogP contribution >= 0.6 is 0 Å². The molecule has 196 valence electrons. The van der Waals surface area contributed by atoms with Gasteiger partial charge in [0.15, 0.2) is 0 Å². The fourth-order valence-electron chi connectivity index (χ4n) is 5.90. The average molecular weight is 510 g/mol. The number of ether oxygens (including phenoxy) is 1. The van der Waals surface area contributed by atoms with Crippen molar-refractivity contribution in [2.75, 3.05) is 20.2 Å². The zero-order chi connectivity index (χ0) is 26.2. The Labute approximate surface area is 223 Å². The molecular formula is C30H35N7O. The van der Waals surface area contributed by atoms with Gasteiger partial charge < -0.3 is 9.72 Å². The second-order valence-corrected chi connectivity index (χ2v) is 10.8. The first kappa shape index (κ1) is 24.7. The Hall–Kier alpha value is -3.62. The number of likely N-dealkylation sites (tertiary alicyclic amines) is 1. The van der Waals surface area contributed by atoms with Crippen LogP contribution in [0.25, 0.3) is 27.7 Å². The molecule has 0 unspecified atom stereocenters. The number of aromatic nitrogens is 6. The summed E-state index contributed by atoms with van der Waals surface area (Å²) in [6.45, 7) is 10.1. The van der Waals surface area contributed by atoms with E-state index in [9.17, 15) is 0 Å². The van der Waals surface area contributed by atoms with E-state index in [0.717, 1.165) is 60.6 Å². The van der Waals surface area contributed by atoms with Crippen molar-refractivity contribution < 1.29 is 4.74 Å². The minimum Gasteiger partial charge on any atom is -0.380 e. The lowest BCUT2D eigenvalue weighted by Crippen LogP contribution is -2.32. The van der Waals surface area contributed by atoms with Crippen molar-refractivity contribution in [2.45, 2.75) is 58.6 Å². The fraction of sp³-hybridized carbons (Fsp3) is 0.400. The molecule has 4 aromatic heterocycles. The fourth-order valence-corrected chi connectivity index (χ4v) is 5.90. The van der Waals surface area contributed by atoms with Crippen LogP contribution in [-0.2, 0) is 17.9 Å². The number of aryl methyl sites for hydroxylation is 1. The average Bonchev–Trinajstić information content (AvgIpc) is 3.55. The molecule has 6 rings (SSSR count). The third-order valence-corrected chi connectivity index (χ3v) is 7.82. The molecule has 0 amide bonds. The summed E-state index contributed by atoms with van der Waals surface area (Å²) in [7, 11) is 1.72. The van der Waals surface area contributed by atoms with Gasteiger partial charge in [0.25, 0.3) is 0 Å². The highest BCUT2D eigenvalue weighted by Crippen LogP contribution is 2.39. The van der Waals surface area contributed by atoms with Gasteiger partial charge >= 0.3 is 0 Å². The molecular weight excluding hydrogens is 474 g/mol. The number of nitrogens with zero attached hydrogens (tertiary/aromatic N) is 6. The Bertz CT molecular complexity index is 1560. The van der Waals surface area contributed by atoms with Gasteiger partial charge in [-0.15, -0.1) is 5.10 Å². The van der Waals surface area contributed by atoms with Crippen LogP contribution in [0.15, 0.2) is 49.1 Å². The van der Waals surface area contributed by atoms with Gasteiger partial charge in [-0.2, -0.15) is 0 Å². The lowest BCUT2D eigenvalue weighted by Gasteiger charge is -2.32. The molecule has 5 heterocycles. The van der Waals surface area contributed by atoms with Crippen LogP contribution in [0.3, 0.4) is 0 Å². The number of hydrogen-bond acceptors (Lipinski definition) is 6. The first-order valence-corrected chi connectivity index (χ1v) is 13.5. The van der Waals surface area contributed by atoms with Gasteiger partial charge in [-0.05, 0) is 74.0 Å². The van der Waals surface area contributed by atoms with Crippen molar-refractivity contribution in [3.63, 3.8) is 0 Å². The van der Waals surface area contributed by atoms with Crippen molar-refractivity contribution >= 4 is 16.4 Å². The highest BCUT2D eigenvalue weighted by Gasteiger charge is 2.23. The summed E-state index contributed by atoms with van der Waals surface area (Å²) in [4.78, 5) is 15.0. The summed E-state index contributed by atoms with van der Waals surface area (Å²) in [5.41, 5.74) is 9.46. The molecule has 0 bridgehead atoms. The maximum atomic E-state index is 5.47. The molecule has 0 spiro atoms. The zero-order valence-corrected chi connectivity index (χ0v) is 22.6. The summed E-state index contributed by atoms with van der Waals surface area (Å²) in [5.74, 6) is 1.76. The van der Waals surface area contributed by atoms with Gasteiger partial charge in [0, 0.05) is 59.8 Å². The van der Waals surface area contributed by atoms with Crippen molar-refractivity contribution in [1.29, 1.82) is 0 Å². The van der Waals surface area contributed by atoms with Gasteiger partial charge in [0.2, 0.25) is 0 Å². The van der Waals surface area contributed by atoms with Gasteiger partial charge in [-0.25, -0.2) is 14.5 Å². The first-order chi connectivity index (χ1) is 18.5. The number of pyridine rings is 1. The molecule has 1 aromatic carbocycles. The molecule has 8 nitrogen and oxygen atoms in total. The van der Waals surface area contributed by atoms with E-state index in [2.05, 4.69) is 74.5 Å². The normalized spacial score (nSPS) is 15.3. The number of piperidine rings is 1. The van der Waals surface area contributed by atoms with Crippen LogP contribution in [-0.4, -0.2) is 54.9 Å². The molecule has 0 radical (unpaired) electrons. The smallest absolute Gasteiger partial charge is 0.125 e. The molecule has 0 saturated carbocycles. The summed E-state index contributed by atoms with van der Waals surface area (Å²) in [6, 6.07) is 9.22. The summed E-state index contributed by atoms with van der Waals surface area (Å²) >= 11 is 0. The van der Waals surface area contributed by atoms with Crippen LogP contribution in [0.1, 0.15) is 66.6 Å². The van der Waals surface area contributed by atoms with E-state index in [1.54, 1.807) is 13.3 Å². The van der Waals surface area contributed by atoms with Gasteiger partial charge in [-0.3, -0.25) is 4.90 Å². The third-order valence-electron chi connectivity index (χ3n) is 7.82. The number of rotatable bonds is 7. The van der Waals surface area contributed by atoms with E-state index in [4.69, 9.17) is 4.74 Å². The lowest BCUT2D eigenvalue weighted by molar-refractivity contribution is 0.185. The van der Waals surface area contributed by atoms with Crippen molar-refractivity contribution in [3.8, 4) is 11.3 Å². The van der Waals surface area contributed by atoms with Crippen LogP contribution in [0.2, 0.25) is 0 Å². The van der Waals surface area contributed by atoms with E-state index in [1.807, 2.05) is 23.8 Å². The first-order valence-electron chi connectivity index (χ1n) is 13.5. The zero-order valence-electron chi connectivity index (χ0n) is 22.6. The largest absolute Gasteiger partial charge is 0.380 e. The second-order valence-electron chi connectivity index (χ2n) is 10.8. The van der Waals surface area contributed by atoms with Crippen LogP contribution in [0.4, 0.5) is 0 Å². The molecule has 1 saturated heterocycles. The van der Waals surface area contributed by atoms with E-state index >= 15 is 0 Å². The predicted molar refractivity (Wildman–Crippen MR) is 149 cm³/mol. The Morgan fingerprint density at radius 1 is 1.08 bits per heavy atom. The SMILES string of the molecule is COCc1cc(-c2[nH]c3ccc(C4CCN(Cc5cnc(C)nc5)CC4)cc3c2C(C)C)cn2nncc12. The quantitative estimate of drug-likeness (QED) is 0.306. The molecule has 1 N–H and O–H groups in total. The van der Waals surface area contributed by atoms with E-state index < -0.39 is 0 Å². The van der Waals surface area contributed by atoms with Crippen molar-refractivity contribution in [3.05, 3.63) is 77.1 Å². The van der Waals surface area contributed by atoms with E-state index in [-0.39, 0.29) is 0 Å². The number of aromatic amines is 1. The molecule has 1 aliphatic rings. The topological polar surface area (TPSA) is 84.2 Å². The van der Waals surface area contributed by atoms with Gasteiger partial charge in [0.05, 0.1) is 24.0 Å². The molecule has 0 aliphatic carbocycles. The molecule has 38 heavy (non-hydrogen) atoms. The Morgan fingerprint density at radius 3 is 2.61 bits per heavy atom. The van der Waals surface area contributed by atoms with Crippen molar-refractivity contribution in [1.82, 2.24) is 34.7 Å². The maximum absolute atomic E-state index is 5.47. The molecule has 1 fully saturated rings. The van der Waals surface area contributed by atoms with Crippen LogP contribution < -0.4 is 0 Å². The Balaban J connectivity index is 1.28. The standard InChI is InChI=1S/C30H35N7O/c1-19(2)29-26-12-23(22-7-9-36(10-8-22)16-21-13-31-20(3)32-14-21)5-6-27(26)34-30(29)24-11-25(18-38-4)28-15-33-35-37(28)17-24/h5-6,11-15,17,19,22,34H,7-10,16,18H2,1-4H3. The summed E-state index contributed by atoms with van der Waals surface area (Å²) in [5, 5.41) is 9.70. The lowest BCUT2D eigenvalue weighted by atomic mass is 9.87. The highest BCUT2D eigenvalue weighted by atomic mass is 16.5. The number of methoxy groups -OCH3 is 1. The number of hydrogen-bond donors (Lipinski definition) is 1. The monoisotopic (exact) mass is 509 g/mol. The van der Waals surface area contributed by atoms with Crippen LogP contribution in [0.5, 0.6) is 0 Å². The van der Waals surface area contributed by atoms with Gasteiger partial charge in [0.1, 0.15) is 5.82 Å².